The molecule has 0 aliphatic heterocycles. The molecule has 0 saturated carbocycles. The van der Waals surface area contributed by atoms with E-state index in [0.717, 1.165) is 5.56 Å². The number of hydrogen-bond donors (Lipinski definition) is 2. The van der Waals surface area contributed by atoms with Gasteiger partial charge in [0.1, 0.15) is 0 Å². The molecule has 1 aromatic carbocycles. The van der Waals surface area contributed by atoms with E-state index in [1.165, 1.54) is 6.08 Å². The van der Waals surface area contributed by atoms with Crippen molar-refractivity contribution in [2.45, 2.75) is 13.0 Å². The van der Waals surface area contributed by atoms with E-state index in [-0.39, 0.29) is 18.6 Å². The fourth-order valence-electron chi connectivity index (χ4n) is 1.12. The number of aliphatic hydroxyl groups is 1. The van der Waals surface area contributed by atoms with Crippen LogP contribution < -0.4 is 5.32 Å². The topological polar surface area (TPSA) is 49.3 Å². The second-order valence-corrected chi connectivity index (χ2v) is 4.41. The number of carbonyl (C=O) groups excluding carboxylic acids is 1. The highest BCUT2D eigenvalue weighted by atomic mass is 35.5. The second kappa shape index (κ2) is 6.64. The lowest BCUT2D eigenvalue weighted by Gasteiger charge is -2.07. The molecule has 1 rings (SSSR count). The zero-order valence-corrected chi connectivity index (χ0v) is 10.8. The number of halogens is 2. The van der Waals surface area contributed by atoms with Gasteiger partial charge in [-0.2, -0.15) is 0 Å². The van der Waals surface area contributed by atoms with Crippen LogP contribution in [0.3, 0.4) is 0 Å². The number of rotatable bonds is 4. The van der Waals surface area contributed by atoms with Crippen LogP contribution >= 0.6 is 23.2 Å². The van der Waals surface area contributed by atoms with Crippen LogP contribution in [0.4, 0.5) is 0 Å². The Hall–Kier alpha value is -1.03. The molecule has 0 bridgehead atoms. The Morgan fingerprint density at radius 1 is 1.47 bits per heavy atom. The highest BCUT2D eigenvalue weighted by Gasteiger charge is 2.02. The van der Waals surface area contributed by atoms with Gasteiger partial charge < -0.3 is 10.4 Å². The molecule has 3 nitrogen and oxygen atoms in total. The van der Waals surface area contributed by atoms with E-state index in [1.807, 2.05) is 0 Å². The summed E-state index contributed by atoms with van der Waals surface area (Å²) >= 11 is 11.6. The molecule has 0 aromatic heterocycles. The summed E-state index contributed by atoms with van der Waals surface area (Å²) in [5.74, 6) is -0.266. The number of nitrogens with one attached hydrogen (secondary N) is 1. The quantitative estimate of drug-likeness (QED) is 0.829. The second-order valence-electron chi connectivity index (χ2n) is 3.60. The van der Waals surface area contributed by atoms with E-state index in [9.17, 15) is 4.79 Å². The van der Waals surface area contributed by atoms with Crippen molar-refractivity contribution < 1.29 is 9.90 Å². The molecule has 1 atom stereocenters. The third kappa shape index (κ3) is 4.77. The average molecular weight is 274 g/mol. The van der Waals surface area contributed by atoms with Crippen molar-refractivity contribution in [3.63, 3.8) is 0 Å². The molecule has 0 aliphatic carbocycles. The molecule has 2 N–H and O–H groups in total. The van der Waals surface area contributed by atoms with E-state index in [4.69, 9.17) is 28.3 Å². The van der Waals surface area contributed by atoms with Gasteiger partial charge in [-0.15, -0.1) is 0 Å². The first-order chi connectivity index (χ1) is 8.02. The number of hydrogen-bond acceptors (Lipinski definition) is 2. The van der Waals surface area contributed by atoms with Crippen LogP contribution in [0.25, 0.3) is 6.08 Å². The maximum Gasteiger partial charge on any atom is 0.244 e. The van der Waals surface area contributed by atoms with Crippen molar-refractivity contribution in [3.8, 4) is 0 Å². The highest BCUT2D eigenvalue weighted by molar-refractivity contribution is 6.42. The van der Waals surface area contributed by atoms with Gasteiger partial charge in [-0.3, -0.25) is 4.79 Å². The number of amides is 1. The summed E-state index contributed by atoms with van der Waals surface area (Å²) in [5.41, 5.74) is 0.784. The maximum atomic E-state index is 11.4. The van der Waals surface area contributed by atoms with E-state index in [2.05, 4.69) is 5.32 Å². The van der Waals surface area contributed by atoms with Crippen molar-refractivity contribution >= 4 is 35.2 Å². The minimum Gasteiger partial charge on any atom is -0.394 e. The third-order valence-corrected chi connectivity index (χ3v) is 2.77. The Morgan fingerprint density at radius 3 is 2.76 bits per heavy atom. The first kappa shape index (κ1) is 14.0. The van der Waals surface area contributed by atoms with Gasteiger partial charge in [-0.1, -0.05) is 29.3 Å². The van der Waals surface area contributed by atoms with Crippen molar-refractivity contribution in [1.82, 2.24) is 5.32 Å². The molecule has 0 radical (unpaired) electrons. The van der Waals surface area contributed by atoms with E-state index < -0.39 is 0 Å². The number of carbonyl (C=O) groups is 1. The summed E-state index contributed by atoms with van der Waals surface area (Å²) in [4.78, 5) is 11.4. The summed E-state index contributed by atoms with van der Waals surface area (Å²) in [5, 5.41) is 12.3. The van der Waals surface area contributed by atoms with Crippen LogP contribution in [0.5, 0.6) is 0 Å². The summed E-state index contributed by atoms with van der Waals surface area (Å²) in [7, 11) is 0. The van der Waals surface area contributed by atoms with E-state index in [0.29, 0.717) is 10.0 Å². The largest absolute Gasteiger partial charge is 0.394 e. The molecule has 5 heteroatoms. The predicted octanol–water partition coefficient (Wildman–Crippen LogP) is 2.50. The standard InChI is InChI=1S/C12H13Cl2NO2/c1-8(7-16)15-12(17)5-3-9-2-4-10(13)11(14)6-9/h2-6,8,16H,7H2,1H3,(H,15,17)/t8-/m0/s1. The van der Waals surface area contributed by atoms with Gasteiger partial charge in [-0.25, -0.2) is 0 Å². The molecular weight excluding hydrogens is 261 g/mol. The lowest BCUT2D eigenvalue weighted by Crippen LogP contribution is -2.33. The van der Waals surface area contributed by atoms with Gasteiger partial charge in [0.2, 0.25) is 5.91 Å². The van der Waals surface area contributed by atoms with Crippen molar-refractivity contribution in [2.24, 2.45) is 0 Å². The average Bonchev–Trinajstić information content (AvgIpc) is 2.30. The van der Waals surface area contributed by atoms with Gasteiger partial charge in [0.15, 0.2) is 0 Å². The predicted molar refractivity (Wildman–Crippen MR) is 70.2 cm³/mol. The highest BCUT2D eigenvalue weighted by Crippen LogP contribution is 2.22. The number of aliphatic hydroxyl groups excluding tert-OH is 1. The van der Waals surface area contributed by atoms with Crippen LogP contribution in [0.15, 0.2) is 24.3 Å². The monoisotopic (exact) mass is 273 g/mol. The molecule has 92 valence electrons. The lowest BCUT2D eigenvalue weighted by molar-refractivity contribution is -0.117. The molecule has 0 saturated heterocycles. The van der Waals surface area contributed by atoms with Gasteiger partial charge in [0, 0.05) is 12.1 Å². The SMILES string of the molecule is C[C@@H](CO)NC(=O)C=Cc1ccc(Cl)c(Cl)c1. The lowest BCUT2D eigenvalue weighted by atomic mass is 10.2. The van der Waals surface area contributed by atoms with Crippen LogP contribution in [-0.4, -0.2) is 23.7 Å². The molecule has 0 heterocycles. The Balaban J connectivity index is 2.64. The molecule has 0 unspecified atom stereocenters. The Bertz CT molecular complexity index is 433. The van der Waals surface area contributed by atoms with Crippen LogP contribution in [0, 0.1) is 0 Å². The summed E-state index contributed by atoms with van der Waals surface area (Å²) < 4.78 is 0. The fraction of sp³-hybridized carbons (Fsp3) is 0.250. The Labute approximate surface area is 110 Å². The molecule has 0 aliphatic rings. The molecule has 1 amide bonds. The first-order valence-corrected chi connectivity index (χ1v) is 5.83. The number of benzene rings is 1. The normalized spacial score (nSPS) is 12.7. The minimum absolute atomic E-state index is 0.0909. The van der Waals surface area contributed by atoms with Gasteiger partial charge in [0.05, 0.1) is 16.7 Å². The molecule has 17 heavy (non-hydrogen) atoms. The van der Waals surface area contributed by atoms with Crippen LogP contribution in [0.1, 0.15) is 12.5 Å². The van der Waals surface area contributed by atoms with Crippen molar-refractivity contribution in [1.29, 1.82) is 0 Å². The van der Waals surface area contributed by atoms with E-state index in [1.54, 1.807) is 31.2 Å². The van der Waals surface area contributed by atoms with Crippen LogP contribution in [0.2, 0.25) is 10.0 Å². The summed E-state index contributed by atoms with van der Waals surface area (Å²) in [6.45, 7) is 1.62. The summed E-state index contributed by atoms with van der Waals surface area (Å²) in [6.07, 6.45) is 3.01. The fourth-order valence-corrected chi connectivity index (χ4v) is 1.43. The minimum atomic E-state index is -0.266. The zero-order chi connectivity index (χ0) is 12.8. The Morgan fingerprint density at radius 2 is 2.18 bits per heavy atom. The Kier molecular flexibility index (Phi) is 5.48. The van der Waals surface area contributed by atoms with E-state index >= 15 is 0 Å². The first-order valence-electron chi connectivity index (χ1n) is 5.07. The molecule has 0 spiro atoms. The van der Waals surface area contributed by atoms with Gasteiger partial charge in [-0.05, 0) is 30.7 Å². The van der Waals surface area contributed by atoms with Gasteiger partial charge >= 0.3 is 0 Å². The third-order valence-electron chi connectivity index (χ3n) is 2.03. The molecule has 1 aromatic rings. The zero-order valence-electron chi connectivity index (χ0n) is 9.28. The smallest absolute Gasteiger partial charge is 0.244 e. The van der Waals surface area contributed by atoms with Gasteiger partial charge in [0.25, 0.3) is 0 Å². The summed E-state index contributed by atoms with van der Waals surface area (Å²) in [6, 6.07) is 4.83. The molecule has 0 fully saturated rings. The van der Waals surface area contributed by atoms with Crippen molar-refractivity contribution in [2.75, 3.05) is 6.61 Å². The van der Waals surface area contributed by atoms with Crippen LogP contribution in [-0.2, 0) is 4.79 Å². The maximum absolute atomic E-state index is 11.4. The van der Waals surface area contributed by atoms with Crippen molar-refractivity contribution in [3.05, 3.63) is 39.9 Å². The molecular formula is C12H13Cl2NO2.